The maximum Gasteiger partial charge on any atom is 0.139 e. The van der Waals surface area contributed by atoms with Gasteiger partial charge in [0.05, 0.1) is 5.51 Å². The third kappa shape index (κ3) is 5.37. The van der Waals surface area contributed by atoms with Gasteiger partial charge in [-0.05, 0) is 11.8 Å². The SMILES string of the molecule is CC(C)(C)CC(N)CC(=O)Cc1cncs1. The molecule has 1 rings (SSSR count). The molecule has 0 saturated heterocycles. The molecule has 0 amide bonds. The molecule has 0 saturated carbocycles. The van der Waals surface area contributed by atoms with Gasteiger partial charge >= 0.3 is 0 Å². The van der Waals surface area contributed by atoms with Gasteiger partial charge in [0.1, 0.15) is 5.78 Å². The Morgan fingerprint density at radius 1 is 1.56 bits per heavy atom. The zero-order valence-electron chi connectivity index (χ0n) is 10.2. The number of nitrogens with zero attached hydrogens (tertiary/aromatic N) is 1. The van der Waals surface area contributed by atoms with Crippen molar-refractivity contribution >= 4 is 17.1 Å². The van der Waals surface area contributed by atoms with Crippen LogP contribution < -0.4 is 5.73 Å². The standard InChI is InChI=1S/C12H20N2OS/c1-12(2,3)6-9(13)4-10(15)5-11-7-14-8-16-11/h7-9H,4-6,13H2,1-3H3. The lowest BCUT2D eigenvalue weighted by molar-refractivity contribution is -0.118. The topological polar surface area (TPSA) is 56.0 Å². The van der Waals surface area contributed by atoms with Crippen LogP contribution in [0.4, 0.5) is 0 Å². The van der Waals surface area contributed by atoms with Crippen LogP contribution in [0, 0.1) is 5.41 Å². The first-order chi connectivity index (χ1) is 7.37. The van der Waals surface area contributed by atoms with E-state index < -0.39 is 0 Å². The molecule has 0 spiro atoms. The molecule has 0 radical (unpaired) electrons. The molecule has 1 heterocycles. The Morgan fingerprint density at radius 3 is 2.75 bits per heavy atom. The molecule has 90 valence electrons. The van der Waals surface area contributed by atoms with E-state index >= 15 is 0 Å². The number of hydrogen-bond donors (Lipinski definition) is 1. The third-order valence-corrected chi connectivity index (χ3v) is 3.00. The number of Topliss-reactive ketones (excluding diaryl/α,β-unsaturated/α-hetero) is 1. The molecule has 0 aromatic carbocycles. The van der Waals surface area contributed by atoms with Gasteiger partial charge in [-0.25, -0.2) is 0 Å². The predicted molar refractivity (Wildman–Crippen MR) is 67.5 cm³/mol. The summed E-state index contributed by atoms with van der Waals surface area (Å²) in [6, 6.07) is -0.0274. The minimum Gasteiger partial charge on any atom is -0.327 e. The molecule has 0 bridgehead atoms. The van der Waals surface area contributed by atoms with Gasteiger partial charge in [-0.1, -0.05) is 20.8 Å². The van der Waals surface area contributed by atoms with E-state index in [-0.39, 0.29) is 17.2 Å². The molecule has 0 fully saturated rings. The van der Waals surface area contributed by atoms with Crippen LogP contribution in [0.1, 0.15) is 38.5 Å². The number of carbonyl (C=O) groups is 1. The van der Waals surface area contributed by atoms with Crippen LogP contribution in [0.25, 0.3) is 0 Å². The van der Waals surface area contributed by atoms with Crippen LogP contribution in [-0.4, -0.2) is 16.8 Å². The third-order valence-electron chi connectivity index (χ3n) is 2.22. The number of carbonyl (C=O) groups excluding carboxylic acids is 1. The molecule has 1 aromatic heterocycles. The van der Waals surface area contributed by atoms with Crippen molar-refractivity contribution < 1.29 is 4.79 Å². The van der Waals surface area contributed by atoms with Crippen LogP contribution in [0.15, 0.2) is 11.7 Å². The molecule has 3 nitrogen and oxygen atoms in total. The molecule has 16 heavy (non-hydrogen) atoms. The van der Waals surface area contributed by atoms with E-state index in [0.717, 1.165) is 11.3 Å². The fraction of sp³-hybridized carbons (Fsp3) is 0.667. The van der Waals surface area contributed by atoms with Gasteiger partial charge in [-0.15, -0.1) is 11.3 Å². The Bertz CT molecular complexity index is 327. The number of nitrogens with two attached hydrogens (primary N) is 1. The summed E-state index contributed by atoms with van der Waals surface area (Å²) in [6.07, 6.45) is 3.57. The number of ketones is 1. The zero-order valence-corrected chi connectivity index (χ0v) is 11.0. The van der Waals surface area contributed by atoms with Crippen LogP contribution in [-0.2, 0) is 11.2 Å². The van der Waals surface area contributed by atoms with E-state index in [4.69, 9.17) is 5.73 Å². The minimum absolute atomic E-state index is 0.0274. The summed E-state index contributed by atoms with van der Waals surface area (Å²) in [5.41, 5.74) is 7.89. The fourth-order valence-corrected chi connectivity index (χ4v) is 2.37. The van der Waals surface area contributed by atoms with Crippen molar-refractivity contribution in [2.24, 2.45) is 11.1 Å². The van der Waals surface area contributed by atoms with Crippen molar-refractivity contribution in [2.75, 3.05) is 0 Å². The first kappa shape index (κ1) is 13.3. The lowest BCUT2D eigenvalue weighted by atomic mass is 9.86. The van der Waals surface area contributed by atoms with Gasteiger partial charge in [-0.3, -0.25) is 9.78 Å². The average molecular weight is 240 g/mol. The first-order valence-corrected chi connectivity index (χ1v) is 6.39. The van der Waals surface area contributed by atoms with Gasteiger partial charge in [0.15, 0.2) is 0 Å². The second-order valence-corrected chi connectivity index (χ2v) is 6.38. The first-order valence-electron chi connectivity index (χ1n) is 5.51. The van der Waals surface area contributed by atoms with Crippen molar-refractivity contribution in [1.29, 1.82) is 0 Å². The second-order valence-electron chi connectivity index (χ2n) is 5.41. The number of rotatable bonds is 5. The highest BCUT2D eigenvalue weighted by molar-refractivity contribution is 7.09. The highest BCUT2D eigenvalue weighted by Gasteiger charge is 2.18. The number of hydrogen-bond acceptors (Lipinski definition) is 4. The summed E-state index contributed by atoms with van der Waals surface area (Å²) >= 11 is 1.52. The number of aromatic nitrogens is 1. The van der Waals surface area contributed by atoms with Crippen molar-refractivity contribution in [2.45, 2.75) is 46.1 Å². The summed E-state index contributed by atoms with van der Waals surface area (Å²) in [5.74, 6) is 0.209. The summed E-state index contributed by atoms with van der Waals surface area (Å²) < 4.78 is 0. The Kier molecular flexibility index (Phi) is 4.62. The van der Waals surface area contributed by atoms with Crippen molar-refractivity contribution in [3.05, 3.63) is 16.6 Å². The molecule has 1 aromatic rings. The molecule has 0 aliphatic carbocycles. The predicted octanol–water partition coefficient (Wildman–Crippen LogP) is 2.41. The molecule has 1 unspecified atom stereocenters. The summed E-state index contributed by atoms with van der Waals surface area (Å²) in [6.45, 7) is 6.42. The second kappa shape index (κ2) is 5.55. The Labute approximate surface area is 101 Å². The maximum absolute atomic E-state index is 11.7. The molecule has 0 aliphatic rings. The van der Waals surface area contributed by atoms with Gasteiger partial charge < -0.3 is 5.73 Å². The van der Waals surface area contributed by atoms with Gasteiger partial charge in [-0.2, -0.15) is 0 Å². The van der Waals surface area contributed by atoms with Crippen LogP contribution >= 0.6 is 11.3 Å². The molecule has 2 N–H and O–H groups in total. The van der Waals surface area contributed by atoms with E-state index in [1.807, 2.05) is 0 Å². The molecule has 1 atom stereocenters. The Morgan fingerprint density at radius 2 is 2.25 bits per heavy atom. The summed E-state index contributed by atoms with van der Waals surface area (Å²) in [7, 11) is 0. The monoisotopic (exact) mass is 240 g/mol. The molecular weight excluding hydrogens is 220 g/mol. The lowest BCUT2D eigenvalue weighted by Gasteiger charge is -2.22. The van der Waals surface area contributed by atoms with Crippen molar-refractivity contribution in [1.82, 2.24) is 4.98 Å². The lowest BCUT2D eigenvalue weighted by Crippen LogP contribution is -2.29. The van der Waals surface area contributed by atoms with E-state index in [1.54, 1.807) is 11.7 Å². The summed E-state index contributed by atoms with van der Waals surface area (Å²) in [5, 5.41) is 0. The van der Waals surface area contributed by atoms with Gasteiger partial charge in [0.2, 0.25) is 0 Å². The largest absolute Gasteiger partial charge is 0.327 e. The maximum atomic E-state index is 11.7. The summed E-state index contributed by atoms with van der Waals surface area (Å²) in [4.78, 5) is 16.7. The minimum atomic E-state index is -0.0274. The van der Waals surface area contributed by atoms with Crippen molar-refractivity contribution in [3.63, 3.8) is 0 Å². The van der Waals surface area contributed by atoms with E-state index in [9.17, 15) is 4.79 Å². The highest BCUT2D eigenvalue weighted by Crippen LogP contribution is 2.21. The van der Waals surface area contributed by atoms with E-state index in [2.05, 4.69) is 25.8 Å². The Hall–Kier alpha value is -0.740. The van der Waals surface area contributed by atoms with Gasteiger partial charge in [0.25, 0.3) is 0 Å². The smallest absolute Gasteiger partial charge is 0.139 e. The van der Waals surface area contributed by atoms with E-state index in [0.29, 0.717) is 12.8 Å². The average Bonchev–Trinajstić information content (AvgIpc) is 2.51. The number of thiazole rings is 1. The molecular formula is C12H20N2OS. The zero-order chi connectivity index (χ0) is 12.2. The van der Waals surface area contributed by atoms with Crippen molar-refractivity contribution in [3.8, 4) is 0 Å². The normalized spacial score (nSPS) is 13.8. The Balaban J connectivity index is 2.34. The van der Waals surface area contributed by atoms with Crippen LogP contribution in [0.3, 0.4) is 0 Å². The van der Waals surface area contributed by atoms with Gasteiger partial charge in [0, 0.05) is 30.0 Å². The van der Waals surface area contributed by atoms with Crippen LogP contribution in [0.5, 0.6) is 0 Å². The quantitative estimate of drug-likeness (QED) is 0.860. The van der Waals surface area contributed by atoms with E-state index in [1.165, 1.54) is 11.3 Å². The molecule has 0 aliphatic heterocycles. The fourth-order valence-electron chi connectivity index (χ4n) is 1.75. The van der Waals surface area contributed by atoms with Crippen LogP contribution in [0.2, 0.25) is 0 Å². The molecule has 4 heteroatoms. The highest BCUT2D eigenvalue weighted by atomic mass is 32.1.